The zero-order valence-electron chi connectivity index (χ0n) is 20.1. The summed E-state index contributed by atoms with van der Waals surface area (Å²) in [4.78, 5) is 29.5. The standard InChI is InChI=1S/C29H26BrN3O4/c30-23-11-14-26-25(16-23)28(34)33(27(32-26)21-6-2-1-3-7-21)31-17-19-9-12-24(13-10-19)37-18-20-5-4-8-22(15-20)29(35)36/h4-5,8-17,21H,1-3,6-7,18H2,(H,35,36). The van der Waals surface area contributed by atoms with Gasteiger partial charge in [0.25, 0.3) is 5.56 Å². The van der Waals surface area contributed by atoms with Crippen molar-refractivity contribution in [3.05, 3.63) is 104 Å². The summed E-state index contributed by atoms with van der Waals surface area (Å²) in [6.45, 7) is 0.257. The molecule has 5 rings (SSSR count). The Hall–Kier alpha value is -3.78. The SMILES string of the molecule is O=C(O)c1cccc(COc2ccc(C=Nn3c(C4CCCCC4)nc4ccc(Br)cc4c3=O)cc2)c1. The van der Waals surface area contributed by atoms with Crippen molar-refractivity contribution in [1.29, 1.82) is 0 Å². The van der Waals surface area contributed by atoms with E-state index < -0.39 is 5.97 Å². The number of aromatic carboxylic acids is 1. The van der Waals surface area contributed by atoms with E-state index in [2.05, 4.69) is 21.0 Å². The lowest BCUT2D eigenvalue weighted by molar-refractivity contribution is 0.0696. The summed E-state index contributed by atoms with van der Waals surface area (Å²) in [7, 11) is 0. The summed E-state index contributed by atoms with van der Waals surface area (Å²) < 4.78 is 8.10. The zero-order chi connectivity index (χ0) is 25.8. The Labute approximate surface area is 222 Å². The number of ether oxygens (including phenoxy) is 1. The van der Waals surface area contributed by atoms with Crippen molar-refractivity contribution in [1.82, 2.24) is 9.66 Å². The molecule has 0 amide bonds. The van der Waals surface area contributed by atoms with Crippen LogP contribution in [0.25, 0.3) is 10.9 Å². The first-order valence-electron chi connectivity index (χ1n) is 12.3. The van der Waals surface area contributed by atoms with Crippen LogP contribution in [0, 0.1) is 0 Å². The lowest BCUT2D eigenvalue weighted by atomic mass is 9.88. The molecule has 0 saturated heterocycles. The molecule has 4 aromatic rings. The number of carboxylic acid groups (broad SMARTS) is 1. The van der Waals surface area contributed by atoms with Crippen molar-refractivity contribution in [3.63, 3.8) is 0 Å². The number of aromatic nitrogens is 2. The molecule has 0 spiro atoms. The normalized spacial score (nSPS) is 14.3. The minimum Gasteiger partial charge on any atom is -0.489 e. The van der Waals surface area contributed by atoms with Gasteiger partial charge in [-0.05, 0) is 78.6 Å². The molecule has 0 radical (unpaired) electrons. The molecule has 1 heterocycles. The van der Waals surface area contributed by atoms with Crippen molar-refractivity contribution in [3.8, 4) is 5.75 Å². The van der Waals surface area contributed by atoms with E-state index in [4.69, 9.17) is 14.8 Å². The minimum absolute atomic E-state index is 0.174. The number of nitrogens with zero attached hydrogens (tertiary/aromatic N) is 3. The Balaban J connectivity index is 1.38. The van der Waals surface area contributed by atoms with Crippen LogP contribution in [0.2, 0.25) is 0 Å². The predicted octanol–water partition coefficient (Wildman–Crippen LogP) is 6.37. The Kier molecular flexibility index (Phi) is 7.46. The van der Waals surface area contributed by atoms with Crippen molar-refractivity contribution < 1.29 is 14.6 Å². The molecule has 3 aromatic carbocycles. The summed E-state index contributed by atoms with van der Waals surface area (Å²) in [5.41, 5.74) is 2.33. The number of carbonyl (C=O) groups is 1. The fraction of sp³-hybridized carbons (Fsp3) is 0.241. The summed E-state index contributed by atoms with van der Waals surface area (Å²) in [6, 6.07) is 19.6. The molecule has 1 aliphatic rings. The predicted molar refractivity (Wildman–Crippen MR) is 147 cm³/mol. The van der Waals surface area contributed by atoms with Crippen LogP contribution in [0.5, 0.6) is 5.75 Å². The van der Waals surface area contributed by atoms with Crippen LogP contribution in [0.1, 0.15) is 65.3 Å². The number of fused-ring (bicyclic) bond motifs is 1. The smallest absolute Gasteiger partial charge is 0.335 e. The zero-order valence-corrected chi connectivity index (χ0v) is 21.7. The first-order chi connectivity index (χ1) is 18.0. The van der Waals surface area contributed by atoms with Crippen LogP contribution in [-0.2, 0) is 6.61 Å². The molecule has 1 N–H and O–H groups in total. The highest BCUT2D eigenvalue weighted by molar-refractivity contribution is 9.10. The lowest BCUT2D eigenvalue weighted by Gasteiger charge is -2.22. The molecule has 8 heteroatoms. The molecule has 1 aromatic heterocycles. The second kappa shape index (κ2) is 11.1. The van der Waals surface area contributed by atoms with Gasteiger partial charge < -0.3 is 9.84 Å². The summed E-state index contributed by atoms with van der Waals surface area (Å²) in [5, 5.41) is 14.3. The van der Waals surface area contributed by atoms with Gasteiger partial charge in [0.15, 0.2) is 0 Å². The van der Waals surface area contributed by atoms with Gasteiger partial charge in [0, 0.05) is 10.4 Å². The van der Waals surface area contributed by atoms with Gasteiger partial charge in [-0.3, -0.25) is 4.79 Å². The third kappa shape index (κ3) is 5.80. The second-order valence-corrected chi connectivity index (χ2v) is 10.1. The van der Waals surface area contributed by atoms with E-state index >= 15 is 0 Å². The fourth-order valence-electron chi connectivity index (χ4n) is 4.64. The van der Waals surface area contributed by atoms with Crippen molar-refractivity contribution in [2.75, 3.05) is 0 Å². The highest BCUT2D eigenvalue weighted by Crippen LogP contribution is 2.32. The van der Waals surface area contributed by atoms with E-state index in [1.165, 1.54) is 11.1 Å². The second-order valence-electron chi connectivity index (χ2n) is 9.19. The highest BCUT2D eigenvalue weighted by Gasteiger charge is 2.22. The molecular formula is C29H26BrN3O4. The van der Waals surface area contributed by atoms with E-state index in [9.17, 15) is 9.59 Å². The van der Waals surface area contributed by atoms with Crippen LogP contribution < -0.4 is 10.3 Å². The van der Waals surface area contributed by atoms with Crippen LogP contribution in [0.4, 0.5) is 0 Å². The third-order valence-electron chi connectivity index (χ3n) is 6.59. The van der Waals surface area contributed by atoms with Crippen molar-refractivity contribution in [2.24, 2.45) is 5.10 Å². The van der Waals surface area contributed by atoms with Crippen LogP contribution in [0.15, 0.2) is 81.1 Å². The Bertz CT molecular complexity index is 1520. The van der Waals surface area contributed by atoms with Gasteiger partial charge in [-0.2, -0.15) is 9.78 Å². The number of halogens is 1. The van der Waals surface area contributed by atoms with E-state index in [0.717, 1.165) is 47.1 Å². The maximum Gasteiger partial charge on any atom is 0.335 e. The number of carboxylic acids is 1. The monoisotopic (exact) mass is 559 g/mol. The first kappa shape index (κ1) is 24.9. The number of rotatable bonds is 7. The van der Waals surface area contributed by atoms with E-state index in [1.807, 2.05) is 42.5 Å². The maximum absolute atomic E-state index is 13.4. The van der Waals surface area contributed by atoms with Crippen LogP contribution in [0.3, 0.4) is 0 Å². The number of hydrogen-bond acceptors (Lipinski definition) is 5. The summed E-state index contributed by atoms with van der Waals surface area (Å²) in [6.07, 6.45) is 7.15. The molecule has 7 nitrogen and oxygen atoms in total. The minimum atomic E-state index is -0.967. The van der Waals surface area contributed by atoms with Gasteiger partial charge in [0.2, 0.25) is 0 Å². The number of benzene rings is 3. The number of hydrogen-bond donors (Lipinski definition) is 1. The van der Waals surface area contributed by atoms with Crippen LogP contribution in [-0.4, -0.2) is 27.0 Å². The first-order valence-corrected chi connectivity index (χ1v) is 13.1. The molecule has 0 unspecified atom stereocenters. The summed E-state index contributed by atoms with van der Waals surface area (Å²) in [5.74, 6) is 0.613. The van der Waals surface area contributed by atoms with E-state index in [0.29, 0.717) is 16.7 Å². The molecule has 0 bridgehead atoms. The molecule has 1 aliphatic carbocycles. The molecular weight excluding hydrogens is 534 g/mol. The quantitative estimate of drug-likeness (QED) is 0.265. The maximum atomic E-state index is 13.4. The molecule has 0 atom stereocenters. The molecule has 0 aliphatic heterocycles. The highest BCUT2D eigenvalue weighted by atomic mass is 79.9. The van der Waals surface area contributed by atoms with Gasteiger partial charge in [-0.25, -0.2) is 9.78 Å². The van der Waals surface area contributed by atoms with Gasteiger partial charge in [-0.15, -0.1) is 0 Å². The lowest BCUT2D eigenvalue weighted by Crippen LogP contribution is -2.25. The third-order valence-corrected chi connectivity index (χ3v) is 7.08. The molecule has 1 saturated carbocycles. The fourth-order valence-corrected chi connectivity index (χ4v) is 5.00. The topological polar surface area (TPSA) is 93.8 Å². The molecule has 37 heavy (non-hydrogen) atoms. The molecule has 188 valence electrons. The largest absolute Gasteiger partial charge is 0.489 e. The Morgan fingerprint density at radius 2 is 1.86 bits per heavy atom. The van der Waals surface area contributed by atoms with Crippen molar-refractivity contribution in [2.45, 2.75) is 44.6 Å². The van der Waals surface area contributed by atoms with Gasteiger partial charge in [0.05, 0.1) is 22.7 Å². The van der Waals surface area contributed by atoms with E-state index in [-0.39, 0.29) is 23.6 Å². The van der Waals surface area contributed by atoms with Gasteiger partial charge >= 0.3 is 5.97 Å². The van der Waals surface area contributed by atoms with Gasteiger partial charge in [-0.1, -0.05) is 47.3 Å². The van der Waals surface area contributed by atoms with Gasteiger partial charge in [0.1, 0.15) is 18.2 Å². The average Bonchev–Trinajstić information content (AvgIpc) is 2.93. The Morgan fingerprint density at radius 3 is 2.62 bits per heavy atom. The average molecular weight is 560 g/mol. The molecule has 1 fully saturated rings. The van der Waals surface area contributed by atoms with Crippen LogP contribution >= 0.6 is 15.9 Å². The van der Waals surface area contributed by atoms with E-state index in [1.54, 1.807) is 30.5 Å². The summed E-state index contributed by atoms with van der Waals surface area (Å²) >= 11 is 3.45. The Morgan fingerprint density at radius 1 is 1.08 bits per heavy atom. The van der Waals surface area contributed by atoms with Crippen molar-refractivity contribution >= 4 is 39.0 Å².